The van der Waals surface area contributed by atoms with Crippen LogP contribution in [-0.4, -0.2) is 12.7 Å². The Kier molecular flexibility index (Phi) is 6.09. The topological polar surface area (TPSA) is 9.23 Å². The molecule has 1 fully saturated rings. The van der Waals surface area contributed by atoms with Crippen LogP contribution in [0.2, 0.25) is 0 Å². The van der Waals surface area contributed by atoms with Crippen LogP contribution >= 0.6 is 0 Å². The van der Waals surface area contributed by atoms with Gasteiger partial charge in [-0.25, -0.2) is 0 Å². The van der Waals surface area contributed by atoms with E-state index in [0.717, 1.165) is 6.61 Å². The molecule has 0 bridgehead atoms. The lowest BCUT2D eigenvalue weighted by atomic mass is 9.72. The van der Waals surface area contributed by atoms with E-state index in [9.17, 15) is 0 Å². The maximum atomic E-state index is 6.15. The van der Waals surface area contributed by atoms with Crippen LogP contribution in [0.5, 0.6) is 0 Å². The van der Waals surface area contributed by atoms with E-state index in [1.807, 2.05) is 0 Å². The Morgan fingerprint density at radius 2 is 1.90 bits per heavy atom. The van der Waals surface area contributed by atoms with E-state index in [1.165, 1.54) is 37.7 Å². The molecule has 0 aromatic heterocycles. The van der Waals surface area contributed by atoms with Gasteiger partial charge in [-0.1, -0.05) is 70.4 Å². The van der Waals surface area contributed by atoms with Gasteiger partial charge in [0.05, 0.1) is 6.10 Å². The Balaban J connectivity index is 2.10. The van der Waals surface area contributed by atoms with Gasteiger partial charge in [0.1, 0.15) is 0 Å². The summed E-state index contributed by atoms with van der Waals surface area (Å²) in [4.78, 5) is 0. The van der Waals surface area contributed by atoms with Crippen LogP contribution in [-0.2, 0) is 4.74 Å². The zero-order chi connectivity index (χ0) is 14.4. The maximum absolute atomic E-state index is 6.15. The summed E-state index contributed by atoms with van der Waals surface area (Å²) in [6.07, 6.45) is 6.81. The van der Waals surface area contributed by atoms with Gasteiger partial charge in [0.25, 0.3) is 0 Å². The van der Waals surface area contributed by atoms with Crippen LogP contribution < -0.4 is 0 Å². The Labute approximate surface area is 124 Å². The monoisotopic (exact) mass is 274 g/mol. The third-order valence-corrected chi connectivity index (χ3v) is 4.74. The summed E-state index contributed by atoms with van der Waals surface area (Å²) in [6.45, 7) is 7.93. The van der Waals surface area contributed by atoms with E-state index in [1.54, 1.807) is 0 Å². The first-order chi connectivity index (χ1) is 9.74. The fourth-order valence-electron chi connectivity index (χ4n) is 3.76. The summed E-state index contributed by atoms with van der Waals surface area (Å²) in [5.74, 6) is 2.03. The minimum Gasteiger partial charge on any atom is -0.378 e. The van der Waals surface area contributed by atoms with Crippen LogP contribution in [0.1, 0.15) is 64.4 Å². The highest BCUT2D eigenvalue weighted by atomic mass is 16.5. The van der Waals surface area contributed by atoms with E-state index in [0.29, 0.717) is 23.9 Å². The maximum Gasteiger partial charge on any atom is 0.0611 e. The van der Waals surface area contributed by atoms with E-state index < -0.39 is 0 Å². The molecule has 1 heterocycles. The third kappa shape index (κ3) is 3.85. The average molecular weight is 274 g/mol. The molecule has 0 spiro atoms. The third-order valence-electron chi connectivity index (χ3n) is 4.74. The quantitative estimate of drug-likeness (QED) is 0.630. The molecule has 0 amide bonds. The average Bonchev–Trinajstić information content (AvgIpc) is 2.48. The molecule has 1 aromatic carbocycles. The zero-order valence-electron chi connectivity index (χ0n) is 13.3. The lowest BCUT2D eigenvalue weighted by molar-refractivity contribution is -0.0588. The molecule has 112 valence electrons. The molecule has 20 heavy (non-hydrogen) atoms. The van der Waals surface area contributed by atoms with Crippen LogP contribution in [0.4, 0.5) is 0 Å². The van der Waals surface area contributed by atoms with Crippen molar-refractivity contribution in [1.82, 2.24) is 0 Å². The van der Waals surface area contributed by atoms with Crippen LogP contribution in [0.15, 0.2) is 30.3 Å². The largest absolute Gasteiger partial charge is 0.378 e. The summed E-state index contributed by atoms with van der Waals surface area (Å²) in [5.41, 5.74) is 1.51. The SMILES string of the molecule is CCCCC[C@@H]1OCC[C@H](c2ccccc2)[C@H]1C(C)C. The van der Waals surface area contributed by atoms with Crippen molar-refractivity contribution in [2.24, 2.45) is 11.8 Å². The van der Waals surface area contributed by atoms with Crippen molar-refractivity contribution in [3.8, 4) is 0 Å². The fraction of sp³-hybridized carbons (Fsp3) is 0.684. The van der Waals surface area contributed by atoms with Crippen LogP contribution in [0, 0.1) is 11.8 Å². The van der Waals surface area contributed by atoms with Crippen molar-refractivity contribution >= 4 is 0 Å². The first-order valence-electron chi connectivity index (χ1n) is 8.40. The van der Waals surface area contributed by atoms with Crippen molar-refractivity contribution in [2.45, 2.75) is 64.9 Å². The van der Waals surface area contributed by atoms with Gasteiger partial charge in [0, 0.05) is 6.61 Å². The highest BCUT2D eigenvalue weighted by molar-refractivity contribution is 5.21. The lowest BCUT2D eigenvalue weighted by Crippen LogP contribution is -2.38. The number of benzene rings is 1. The minimum atomic E-state index is 0.459. The summed E-state index contributed by atoms with van der Waals surface area (Å²) in [5, 5.41) is 0. The summed E-state index contributed by atoms with van der Waals surface area (Å²) < 4.78 is 6.15. The van der Waals surface area contributed by atoms with Gasteiger partial charge in [-0.05, 0) is 36.2 Å². The molecule has 1 aromatic rings. The second kappa shape index (κ2) is 7.83. The van der Waals surface area contributed by atoms with Crippen molar-refractivity contribution < 1.29 is 4.74 Å². The van der Waals surface area contributed by atoms with Crippen LogP contribution in [0.3, 0.4) is 0 Å². The predicted octanol–water partition coefficient (Wildman–Crippen LogP) is 5.41. The first kappa shape index (κ1) is 15.6. The fourth-order valence-corrected chi connectivity index (χ4v) is 3.76. The summed E-state index contributed by atoms with van der Waals surface area (Å²) in [7, 11) is 0. The number of hydrogen-bond acceptors (Lipinski definition) is 1. The Bertz CT molecular complexity index is 371. The molecular formula is C19H30O. The molecule has 0 unspecified atom stereocenters. The van der Waals surface area contributed by atoms with E-state index in [-0.39, 0.29) is 0 Å². The number of hydrogen-bond donors (Lipinski definition) is 0. The highest BCUT2D eigenvalue weighted by Crippen LogP contribution is 2.41. The predicted molar refractivity (Wildman–Crippen MR) is 86.0 cm³/mol. The van der Waals surface area contributed by atoms with E-state index in [2.05, 4.69) is 51.1 Å². The van der Waals surface area contributed by atoms with Gasteiger partial charge >= 0.3 is 0 Å². The standard InChI is InChI=1S/C19H30O/c1-4-5-7-12-18-19(15(2)3)17(13-14-20-18)16-10-8-6-9-11-16/h6,8-11,15,17-19H,4-5,7,12-14H2,1-3H3/t17-,18+,19-/m1/s1. The van der Waals surface area contributed by atoms with Gasteiger partial charge in [0.15, 0.2) is 0 Å². The van der Waals surface area contributed by atoms with Crippen molar-refractivity contribution in [3.05, 3.63) is 35.9 Å². The van der Waals surface area contributed by atoms with E-state index in [4.69, 9.17) is 4.74 Å². The summed E-state index contributed by atoms with van der Waals surface area (Å²) in [6, 6.07) is 11.1. The molecule has 1 heteroatoms. The summed E-state index contributed by atoms with van der Waals surface area (Å²) >= 11 is 0. The number of ether oxygens (including phenoxy) is 1. The van der Waals surface area contributed by atoms with Crippen LogP contribution in [0.25, 0.3) is 0 Å². The van der Waals surface area contributed by atoms with Crippen molar-refractivity contribution in [3.63, 3.8) is 0 Å². The molecule has 2 rings (SSSR count). The second-order valence-electron chi connectivity index (χ2n) is 6.53. The minimum absolute atomic E-state index is 0.459. The van der Waals surface area contributed by atoms with Gasteiger partial charge in [-0.3, -0.25) is 0 Å². The molecule has 0 N–H and O–H groups in total. The van der Waals surface area contributed by atoms with Gasteiger partial charge in [-0.2, -0.15) is 0 Å². The normalized spacial score (nSPS) is 26.9. The molecule has 1 aliphatic heterocycles. The Morgan fingerprint density at radius 3 is 2.55 bits per heavy atom. The Morgan fingerprint density at radius 1 is 1.15 bits per heavy atom. The van der Waals surface area contributed by atoms with Crippen molar-refractivity contribution in [1.29, 1.82) is 0 Å². The lowest BCUT2D eigenvalue weighted by Gasteiger charge is -2.41. The van der Waals surface area contributed by atoms with Gasteiger partial charge in [-0.15, -0.1) is 0 Å². The zero-order valence-corrected chi connectivity index (χ0v) is 13.3. The van der Waals surface area contributed by atoms with E-state index >= 15 is 0 Å². The van der Waals surface area contributed by atoms with Gasteiger partial charge in [0.2, 0.25) is 0 Å². The molecule has 0 radical (unpaired) electrons. The molecule has 1 nitrogen and oxygen atoms in total. The first-order valence-corrected chi connectivity index (χ1v) is 8.40. The Hall–Kier alpha value is -0.820. The van der Waals surface area contributed by atoms with Gasteiger partial charge < -0.3 is 4.74 Å². The molecule has 0 saturated carbocycles. The molecule has 1 aliphatic rings. The van der Waals surface area contributed by atoms with Crippen molar-refractivity contribution in [2.75, 3.05) is 6.61 Å². The number of unbranched alkanes of at least 4 members (excludes halogenated alkanes) is 2. The highest BCUT2D eigenvalue weighted by Gasteiger charge is 2.36. The smallest absolute Gasteiger partial charge is 0.0611 e. The molecular weight excluding hydrogens is 244 g/mol. The molecule has 3 atom stereocenters. The second-order valence-corrected chi connectivity index (χ2v) is 6.53. The molecule has 1 saturated heterocycles. The molecule has 0 aliphatic carbocycles. The number of rotatable bonds is 6.